The highest BCUT2D eigenvalue weighted by atomic mass is 14.9. The fraction of sp³-hybridized carbons (Fsp3) is 0.647. The molecule has 0 aliphatic carbocycles. The quantitative estimate of drug-likeness (QED) is 0.803. The molecule has 0 aliphatic rings. The van der Waals surface area contributed by atoms with Gasteiger partial charge in [-0.05, 0) is 34.9 Å². The van der Waals surface area contributed by atoms with Crippen molar-refractivity contribution < 1.29 is 0 Å². The van der Waals surface area contributed by atoms with Gasteiger partial charge in [0.15, 0.2) is 0 Å². The summed E-state index contributed by atoms with van der Waals surface area (Å²) in [4.78, 5) is 0. The molecule has 0 fully saturated rings. The van der Waals surface area contributed by atoms with E-state index in [1.54, 1.807) is 0 Å². The Balaban J connectivity index is 2.40. The third kappa shape index (κ3) is 4.81. The van der Waals surface area contributed by atoms with E-state index in [1.165, 1.54) is 11.1 Å². The maximum absolute atomic E-state index is 3.56. The van der Waals surface area contributed by atoms with Gasteiger partial charge >= 0.3 is 0 Å². The van der Waals surface area contributed by atoms with Gasteiger partial charge in [0.1, 0.15) is 0 Å². The standard InChI is InChI=1S/C17H29N/c1-13(2)16-9-7-15(8-10-16)12-18-11-14(3)17(4,5)6/h7-10,13-14,18H,11-12H2,1-6H3. The lowest BCUT2D eigenvalue weighted by molar-refractivity contribution is 0.252. The van der Waals surface area contributed by atoms with Crippen molar-refractivity contribution in [3.05, 3.63) is 35.4 Å². The van der Waals surface area contributed by atoms with Crippen LogP contribution in [-0.2, 0) is 6.54 Å². The first-order valence-electron chi connectivity index (χ1n) is 7.10. The van der Waals surface area contributed by atoms with Gasteiger partial charge < -0.3 is 5.32 Å². The Bertz CT molecular complexity index is 343. The van der Waals surface area contributed by atoms with Crippen molar-refractivity contribution in [1.29, 1.82) is 0 Å². The van der Waals surface area contributed by atoms with Crippen molar-refractivity contribution in [2.45, 2.75) is 54.0 Å². The van der Waals surface area contributed by atoms with Gasteiger partial charge in [0.25, 0.3) is 0 Å². The molecule has 0 aliphatic heterocycles. The van der Waals surface area contributed by atoms with Gasteiger partial charge in [-0.2, -0.15) is 0 Å². The molecule has 0 bridgehead atoms. The van der Waals surface area contributed by atoms with Crippen LogP contribution in [0, 0.1) is 11.3 Å². The van der Waals surface area contributed by atoms with E-state index in [1.807, 2.05) is 0 Å². The van der Waals surface area contributed by atoms with Crippen LogP contribution in [-0.4, -0.2) is 6.54 Å². The summed E-state index contributed by atoms with van der Waals surface area (Å²) in [5, 5.41) is 3.56. The fourth-order valence-corrected chi connectivity index (χ4v) is 1.76. The fourth-order valence-electron chi connectivity index (χ4n) is 1.76. The highest BCUT2D eigenvalue weighted by Gasteiger charge is 2.18. The van der Waals surface area contributed by atoms with E-state index in [0.717, 1.165) is 13.1 Å². The normalized spacial score (nSPS) is 13.9. The zero-order valence-electron chi connectivity index (χ0n) is 12.9. The Kier molecular flexibility index (Phi) is 5.40. The van der Waals surface area contributed by atoms with Gasteiger partial charge in [0, 0.05) is 6.54 Å². The smallest absolute Gasteiger partial charge is 0.0205 e. The third-order valence-corrected chi connectivity index (χ3v) is 3.90. The van der Waals surface area contributed by atoms with Crippen molar-refractivity contribution in [3.8, 4) is 0 Å². The van der Waals surface area contributed by atoms with E-state index in [-0.39, 0.29) is 0 Å². The zero-order valence-corrected chi connectivity index (χ0v) is 12.9. The minimum atomic E-state index is 0.383. The van der Waals surface area contributed by atoms with Crippen LogP contribution in [0.5, 0.6) is 0 Å². The van der Waals surface area contributed by atoms with Crippen LogP contribution in [0.1, 0.15) is 58.6 Å². The van der Waals surface area contributed by atoms with Crippen molar-refractivity contribution in [1.82, 2.24) is 5.32 Å². The van der Waals surface area contributed by atoms with E-state index in [2.05, 4.69) is 71.1 Å². The highest BCUT2D eigenvalue weighted by molar-refractivity contribution is 5.24. The van der Waals surface area contributed by atoms with Gasteiger partial charge in [-0.3, -0.25) is 0 Å². The number of hydrogen-bond donors (Lipinski definition) is 1. The monoisotopic (exact) mass is 247 g/mol. The molecule has 102 valence electrons. The number of hydrogen-bond acceptors (Lipinski definition) is 1. The SMILES string of the molecule is CC(C)c1ccc(CNCC(C)C(C)(C)C)cc1. The summed E-state index contributed by atoms with van der Waals surface area (Å²) in [5.41, 5.74) is 3.18. The summed E-state index contributed by atoms with van der Waals surface area (Å²) in [6, 6.07) is 8.97. The Morgan fingerprint density at radius 1 is 1.00 bits per heavy atom. The molecule has 1 aromatic carbocycles. The Morgan fingerprint density at radius 3 is 2.00 bits per heavy atom. The first kappa shape index (κ1) is 15.2. The van der Waals surface area contributed by atoms with Crippen molar-refractivity contribution >= 4 is 0 Å². The molecule has 0 spiro atoms. The average Bonchev–Trinajstić information content (AvgIpc) is 2.28. The summed E-state index contributed by atoms with van der Waals surface area (Å²) < 4.78 is 0. The summed E-state index contributed by atoms with van der Waals surface area (Å²) in [7, 11) is 0. The van der Waals surface area contributed by atoms with Crippen LogP contribution in [0.3, 0.4) is 0 Å². The van der Waals surface area contributed by atoms with Crippen molar-refractivity contribution in [2.75, 3.05) is 6.54 Å². The van der Waals surface area contributed by atoms with Gasteiger partial charge in [-0.25, -0.2) is 0 Å². The molecule has 0 heterocycles. The minimum Gasteiger partial charge on any atom is -0.312 e. The molecule has 1 unspecified atom stereocenters. The molecular formula is C17H29N. The van der Waals surface area contributed by atoms with Crippen LogP contribution in [0.2, 0.25) is 0 Å². The topological polar surface area (TPSA) is 12.0 Å². The Hall–Kier alpha value is -0.820. The first-order chi connectivity index (χ1) is 8.30. The van der Waals surface area contributed by atoms with Crippen molar-refractivity contribution in [3.63, 3.8) is 0 Å². The molecule has 18 heavy (non-hydrogen) atoms. The highest BCUT2D eigenvalue weighted by Crippen LogP contribution is 2.24. The van der Waals surface area contributed by atoms with E-state index in [4.69, 9.17) is 0 Å². The lowest BCUT2D eigenvalue weighted by Crippen LogP contribution is -2.29. The largest absolute Gasteiger partial charge is 0.312 e. The van der Waals surface area contributed by atoms with Crippen molar-refractivity contribution in [2.24, 2.45) is 11.3 Å². The van der Waals surface area contributed by atoms with Gasteiger partial charge in [-0.15, -0.1) is 0 Å². The van der Waals surface area contributed by atoms with E-state index < -0.39 is 0 Å². The molecule has 0 saturated carbocycles. The van der Waals surface area contributed by atoms with Crippen LogP contribution >= 0.6 is 0 Å². The Morgan fingerprint density at radius 2 is 1.56 bits per heavy atom. The molecule has 1 nitrogen and oxygen atoms in total. The zero-order chi connectivity index (χ0) is 13.8. The second-order valence-electron chi connectivity index (χ2n) is 6.79. The molecule has 0 radical (unpaired) electrons. The van der Waals surface area contributed by atoms with E-state index in [9.17, 15) is 0 Å². The van der Waals surface area contributed by atoms with Gasteiger partial charge in [0.2, 0.25) is 0 Å². The van der Waals surface area contributed by atoms with Gasteiger partial charge in [0.05, 0.1) is 0 Å². The Labute approximate surface area is 113 Å². The number of rotatable bonds is 5. The first-order valence-corrected chi connectivity index (χ1v) is 7.10. The van der Waals surface area contributed by atoms with Crippen LogP contribution in [0.15, 0.2) is 24.3 Å². The van der Waals surface area contributed by atoms with Crippen LogP contribution in [0.4, 0.5) is 0 Å². The van der Waals surface area contributed by atoms with Gasteiger partial charge in [-0.1, -0.05) is 65.8 Å². The minimum absolute atomic E-state index is 0.383. The third-order valence-electron chi connectivity index (χ3n) is 3.90. The van der Waals surface area contributed by atoms with E-state index in [0.29, 0.717) is 17.3 Å². The molecule has 1 N–H and O–H groups in total. The number of benzene rings is 1. The molecule has 1 aromatic rings. The molecular weight excluding hydrogens is 218 g/mol. The van der Waals surface area contributed by atoms with Crippen LogP contribution < -0.4 is 5.32 Å². The molecule has 1 atom stereocenters. The predicted octanol–water partition coefficient (Wildman–Crippen LogP) is 4.58. The maximum Gasteiger partial charge on any atom is 0.0205 e. The molecule has 1 heteroatoms. The summed E-state index contributed by atoms with van der Waals surface area (Å²) in [6.07, 6.45) is 0. The lowest BCUT2D eigenvalue weighted by atomic mass is 9.82. The van der Waals surface area contributed by atoms with Crippen LogP contribution in [0.25, 0.3) is 0 Å². The second kappa shape index (κ2) is 6.38. The number of nitrogens with one attached hydrogen (secondary N) is 1. The summed E-state index contributed by atoms with van der Waals surface area (Å²) in [6.45, 7) is 15.7. The average molecular weight is 247 g/mol. The molecule has 0 amide bonds. The second-order valence-corrected chi connectivity index (χ2v) is 6.79. The molecule has 1 rings (SSSR count). The summed E-state index contributed by atoms with van der Waals surface area (Å²) >= 11 is 0. The van der Waals surface area contributed by atoms with E-state index >= 15 is 0 Å². The predicted molar refractivity (Wildman–Crippen MR) is 80.9 cm³/mol. The summed E-state index contributed by atoms with van der Waals surface area (Å²) in [5.74, 6) is 1.31. The molecule has 0 aromatic heterocycles. The molecule has 0 saturated heterocycles. The maximum atomic E-state index is 3.56. The lowest BCUT2D eigenvalue weighted by Gasteiger charge is -2.27.